The van der Waals surface area contributed by atoms with E-state index in [9.17, 15) is 9.18 Å². The standard InChI is InChI=1S/C12H15FINO2/c1-3-10(12(16)17-4-2)15-11-6-5-8(13)7-9(11)14/h5-7,10,15H,3-4H2,1-2H3. The van der Waals surface area contributed by atoms with Gasteiger partial charge in [-0.05, 0) is 54.1 Å². The summed E-state index contributed by atoms with van der Waals surface area (Å²) in [6, 6.07) is 4.01. The van der Waals surface area contributed by atoms with Crippen LogP contribution in [-0.2, 0) is 9.53 Å². The van der Waals surface area contributed by atoms with E-state index in [1.807, 2.05) is 29.5 Å². The highest BCUT2D eigenvalue weighted by Crippen LogP contribution is 2.20. The Balaban J connectivity index is 2.77. The molecule has 0 aliphatic carbocycles. The molecule has 0 radical (unpaired) electrons. The summed E-state index contributed by atoms with van der Waals surface area (Å²) in [5.74, 6) is -0.570. The smallest absolute Gasteiger partial charge is 0.328 e. The van der Waals surface area contributed by atoms with Crippen LogP contribution in [0.15, 0.2) is 18.2 Å². The Labute approximate surface area is 114 Å². The highest BCUT2D eigenvalue weighted by molar-refractivity contribution is 14.1. The van der Waals surface area contributed by atoms with Crippen molar-refractivity contribution in [1.29, 1.82) is 0 Å². The maximum absolute atomic E-state index is 12.9. The molecule has 3 nitrogen and oxygen atoms in total. The summed E-state index contributed by atoms with van der Waals surface area (Å²) in [5, 5.41) is 3.06. The molecule has 1 aromatic rings. The topological polar surface area (TPSA) is 38.3 Å². The van der Waals surface area contributed by atoms with Gasteiger partial charge in [0.2, 0.25) is 0 Å². The van der Waals surface area contributed by atoms with Crippen molar-refractivity contribution >= 4 is 34.2 Å². The first-order chi connectivity index (χ1) is 8.08. The summed E-state index contributed by atoms with van der Waals surface area (Å²) in [6.45, 7) is 4.02. The van der Waals surface area contributed by atoms with Crippen molar-refractivity contribution in [2.45, 2.75) is 26.3 Å². The first kappa shape index (κ1) is 14.2. The van der Waals surface area contributed by atoms with E-state index in [4.69, 9.17) is 4.74 Å². The van der Waals surface area contributed by atoms with Gasteiger partial charge in [0.05, 0.1) is 6.61 Å². The van der Waals surface area contributed by atoms with Crippen LogP contribution in [-0.4, -0.2) is 18.6 Å². The summed E-state index contributed by atoms with van der Waals surface area (Å²) in [6.07, 6.45) is 0.617. The van der Waals surface area contributed by atoms with Crippen LogP contribution in [0.5, 0.6) is 0 Å². The molecule has 0 heterocycles. The average molecular weight is 351 g/mol. The monoisotopic (exact) mass is 351 g/mol. The zero-order valence-corrected chi connectivity index (χ0v) is 12.0. The molecule has 1 N–H and O–H groups in total. The van der Waals surface area contributed by atoms with Crippen molar-refractivity contribution in [3.05, 3.63) is 27.6 Å². The highest BCUT2D eigenvalue weighted by atomic mass is 127. The van der Waals surface area contributed by atoms with E-state index in [1.165, 1.54) is 12.1 Å². The SMILES string of the molecule is CCOC(=O)C(CC)Nc1ccc(F)cc1I. The minimum Gasteiger partial charge on any atom is -0.464 e. The Morgan fingerprint density at radius 3 is 2.76 bits per heavy atom. The number of hydrogen-bond donors (Lipinski definition) is 1. The molecule has 0 amide bonds. The zero-order chi connectivity index (χ0) is 12.8. The van der Waals surface area contributed by atoms with Gasteiger partial charge in [0.25, 0.3) is 0 Å². The first-order valence-corrected chi connectivity index (χ1v) is 6.54. The summed E-state index contributed by atoms with van der Waals surface area (Å²) in [4.78, 5) is 11.6. The number of nitrogens with one attached hydrogen (secondary N) is 1. The van der Waals surface area contributed by atoms with Crippen LogP contribution in [0.2, 0.25) is 0 Å². The number of halogens is 2. The lowest BCUT2D eigenvalue weighted by Gasteiger charge is -2.17. The first-order valence-electron chi connectivity index (χ1n) is 5.46. The number of ether oxygens (including phenoxy) is 1. The maximum Gasteiger partial charge on any atom is 0.328 e. The number of hydrogen-bond acceptors (Lipinski definition) is 3. The van der Waals surface area contributed by atoms with Crippen molar-refractivity contribution in [3.63, 3.8) is 0 Å². The summed E-state index contributed by atoms with van der Waals surface area (Å²) in [5.41, 5.74) is 0.743. The molecular formula is C12H15FINO2. The van der Waals surface area contributed by atoms with Crippen LogP contribution in [0, 0.1) is 9.39 Å². The largest absolute Gasteiger partial charge is 0.464 e. The molecule has 0 saturated heterocycles. The number of rotatable bonds is 5. The Kier molecular flexibility index (Phi) is 5.67. The Hall–Kier alpha value is -0.850. The van der Waals surface area contributed by atoms with Crippen LogP contribution in [0.4, 0.5) is 10.1 Å². The number of esters is 1. The third kappa shape index (κ3) is 4.14. The lowest BCUT2D eigenvalue weighted by molar-refractivity contribution is -0.144. The van der Waals surface area contributed by atoms with Gasteiger partial charge in [-0.25, -0.2) is 9.18 Å². The molecule has 0 aliphatic rings. The number of carbonyl (C=O) groups excluding carboxylic acids is 1. The van der Waals surface area contributed by atoms with Gasteiger partial charge >= 0.3 is 5.97 Å². The van der Waals surface area contributed by atoms with E-state index in [2.05, 4.69) is 5.32 Å². The van der Waals surface area contributed by atoms with Crippen molar-refractivity contribution < 1.29 is 13.9 Å². The van der Waals surface area contributed by atoms with Crippen LogP contribution in [0.25, 0.3) is 0 Å². The predicted octanol–water partition coefficient (Wildman–Crippen LogP) is 3.18. The van der Waals surface area contributed by atoms with Crippen molar-refractivity contribution in [2.24, 2.45) is 0 Å². The average Bonchev–Trinajstić information content (AvgIpc) is 2.28. The quantitative estimate of drug-likeness (QED) is 0.654. The zero-order valence-electron chi connectivity index (χ0n) is 9.80. The van der Waals surface area contributed by atoms with Crippen LogP contribution >= 0.6 is 22.6 Å². The lowest BCUT2D eigenvalue weighted by Crippen LogP contribution is -2.31. The van der Waals surface area contributed by atoms with Gasteiger partial charge in [-0.15, -0.1) is 0 Å². The second-order valence-electron chi connectivity index (χ2n) is 3.48. The van der Waals surface area contributed by atoms with Gasteiger partial charge in [0.15, 0.2) is 0 Å². The van der Waals surface area contributed by atoms with E-state index in [0.29, 0.717) is 13.0 Å². The van der Waals surface area contributed by atoms with Crippen molar-refractivity contribution in [1.82, 2.24) is 0 Å². The van der Waals surface area contributed by atoms with E-state index in [0.717, 1.165) is 9.26 Å². The van der Waals surface area contributed by atoms with E-state index in [-0.39, 0.29) is 11.8 Å². The second-order valence-corrected chi connectivity index (χ2v) is 4.64. The molecule has 1 unspecified atom stereocenters. The molecule has 0 spiro atoms. The fourth-order valence-corrected chi connectivity index (χ4v) is 2.00. The number of carbonyl (C=O) groups is 1. The molecule has 94 valence electrons. The molecule has 1 rings (SSSR count). The van der Waals surface area contributed by atoms with Crippen LogP contribution < -0.4 is 5.32 Å². The third-order valence-electron chi connectivity index (χ3n) is 2.24. The van der Waals surface area contributed by atoms with Crippen LogP contribution in [0.1, 0.15) is 20.3 Å². The van der Waals surface area contributed by atoms with Crippen molar-refractivity contribution in [2.75, 3.05) is 11.9 Å². The molecular weight excluding hydrogens is 336 g/mol. The van der Waals surface area contributed by atoms with Gasteiger partial charge in [-0.2, -0.15) is 0 Å². The summed E-state index contributed by atoms with van der Waals surface area (Å²) in [7, 11) is 0. The fraction of sp³-hybridized carbons (Fsp3) is 0.417. The van der Waals surface area contributed by atoms with Gasteiger partial charge < -0.3 is 10.1 Å². The van der Waals surface area contributed by atoms with E-state index in [1.54, 1.807) is 13.0 Å². The number of anilines is 1. The lowest BCUT2D eigenvalue weighted by atomic mass is 10.2. The van der Waals surface area contributed by atoms with Gasteiger partial charge in [-0.1, -0.05) is 6.92 Å². The fourth-order valence-electron chi connectivity index (χ4n) is 1.36. The Morgan fingerprint density at radius 1 is 1.53 bits per heavy atom. The molecule has 1 atom stereocenters. The molecule has 17 heavy (non-hydrogen) atoms. The number of benzene rings is 1. The van der Waals surface area contributed by atoms with Gasteiger partial charge in [-0.3, -0.25) is 0 Å². The van der Waals surface area contributed by atoms with E-state index < -0.39 is 6.04 Å². The van der Waals surface area contributed by atoms with Gasteiger partial charge in [0, 0.05) is 9.26 Å². The second kappa shape index (κ2) is 6.78. The Bertz CT molecular complexity index is 398. The van der Waals surface area contributed by atoms with Crippen LogP contribution in [0.3, 0.4) is 0 Å². The minimum absolute atomic E-state index is 0.282. The molecule has 0 bridgehead atoms. The third-order valence-corrected chi connectivity index (χ3v) is 3.13. The highest BCUT2D eigenvalue weighted by Gasteiger charge is 2.18. The summed E-state index contributed by atoms with van der Waals surface area (Å²) >= 11 is 2.03. The molecule has 1 aromatic carbocycles. The molecule has 0 fully saturated rings. The molecule has 0 aliphatic heterocycles. The Morgan fingerprint density at radius 2 is 2.24 bits per heavy atom. The normalized spacial score (nSPS) is 12.0. The van der Waals surface area contributed by atoms with E-state index >= 15 is 0 Å². The van der Waals surface area contributed by atoms with Gasteiger partial charge in [0.1, 0.15) is 11.9 Å². The maximum atomic E-state index is 12.9. The molecule has 0 saturated carbocycles. The predicted molar refractivity (Wildman–Crippen MR) is 73.5 cm³/mol. The molecule has 0 aromatic heterocycles. The van der Waals surface area contributed by atoms with Crippen molar-refractivity contribution in [3.8, 4) is 0 Å². The summed E-state index contributed by atoms with van der Waals surface area (Å²) < 4.78 is 18.6. The molecule has 5 heteroatoms. The minimum atomic E-state index is -0.395.